The lowest BCUT2D eigenvalue weighted by Gasteiger charge is -2.08. The van der Waals surface area contributed by atoms with Gasteiger partial charge in [0.1, 0.15) is 0 Å². The van der Waals surface area contributed by atoms with Gasteiger partial charge in [0.05, 0.1) is 0 Å². The molecule has 1 aromatic heterocycles. The van der Waals surface area contributed by atoms with Gasteiger partial charge in [0.15, 0.2) is 0 Å². The van der Waals surface area contributed by atoms with Gasteiger partial charge >= 0.3 is 5.97 Å². The summed E-state index contributed by atoms with van der Waals surface area (Å²) in [7, 11) is 0. The number of hydrogen-bond acceptors (Lipinski definition) is 4. The summed E-state index contributed by atoms with van der Waals surface area (Å²) in [5.41, 5.74) is 1.93. The van der Waals surface area contributed by atoms with Gasteiger partial charge in [-0.25, -0.2) is 4.98 Å². The molecule has 130 valence electrons. The first-order chi connectivity index (χ1) is 12.6. The Morgan fingerprint density at radius 3 is 2.69 bits per heavy atom. The van der Waals surface area contributed by atoms with Crippen LogP contribution in [0.1, 0.15) is 24.8 Å². The Hall–Kier alpha value is -3.21. The summed E-state index contributed by atoms with van der Waals surface area (Å²) in [4.78, 5) is 27.8. The van der Waals surface area contributed by atoms with E-state index >= 15 is 0 Å². The fourth-order valence-corrected chi connectivity index (χ4v) is 3.23. The molecule has 0 saturated heterocycles. The molecule has 2 atom stereocenters. The van der Waals surface area contributed by atoms with Crippen molar-refractivity contribution in [2.24, 2.45) is 5.92 Å². The smallest absolute Gasteiger partial charge is 0.309 e. The van der Waals surface area contributed by atoms with E-state index in [1.807, 2.05) is 30.3 Å². The average molecular weight is 346 g/mol. The van der Waals surface area contributed by atoms with Crippen molar-refractivity contribution < 1.29 is 14.3 Å². The molecule has 0 bridgehead atoms. The van der Waals surface area contributed by atoms with E-state index in [1.54, 1.807) is 18.3 Å². The standard InChI is InChI=1S/C21H18N2O3/c1-13(24)26-21-17-8-7-16(11-15(17)9-10-22-21)23-20(25)19-12-18(19)14-5-3-2-4-6-14/h2-11,18-19H,12H2,1H3,(H,23,25)/t18-,19+/m0/s1. The average Bonchev–Trinajstić information content (AvgIpc) is 3.43. The number of fused-ring (bicyclic) bond motifs is 1. The maximum atomic E-state index is 12.5. The molecule has 1 saturated carbocycles. The molecule has 1 aliphatic carbocycles. The quantitative estimate of drug-likeness (QED) is 0.728. The molecule has 1 fully saturated rings. The molecule has 1 N–H and O–H groups in total. The van der Waals surface area contributed by atoms with Gasteiger partial charge in [-0.1, -0.05) is 30.3 Å². The molecular weight excluding hydrogens is 328 g/mol. The van der Waals surface area contributed by atoms with E-state index in [1.165, 1.54) is 12.5 Å². The number of esters is 1. The Kier molecular flexibility index (Phi) is 4.13. The van der Waals surface area contributed by atoms with Crippen LogP contribution >= 0.6 is 0 Å². The molecule has 0 aliphatic heterocycles. The minimum absolute atomic E-state index is 0.0159. The fourth-order valence-electron chi connectivity index (χ4n) is 3.23. The normalized spacial score (nSPS) is 18.3. The molecule has 26 heavy (non-hydrogen) atoms. The van der Waals surface area contributed by atoms with E-state index in [9.17, 15) is 9.59 Å². The van der Waals surface area contributed by atoms with Crippen molar-refractivity contribution in [3.05, 3.63) is 66.4 Å². The molecule has 4 rings (SSSR count). The van der Waals surface area contributed by atoms with E-state index in [4.69, 9.17) is 4.74 Å². The van der Waals surface area contributed by atoms with E-state index in [-0.39, 0.29) is 17.7 Å². The van der Waals surface area contributed by atoms with Crippen molar-refractivity contribution in [3.8, 4) is 5.88 Å². The van der Waals surface area contributed by atoms with Gasteiger partial charge in [-0.3, -0.25) is 9.59 Å². The number of carbonyl (C=O) groups excluding carboxylic acids is 2. The van der Waals surface area contributed by atoms with Crippen molar-refractivity contribution in [2.45, 2.75) is 19.3 Å². The number of carbonyl (C=O) groups is 2. The van der Waals surface area contributed by atoms with Gasteiger partial charge in [0.2, 0.25) is 11.8 Å². The Morgan fingerprint density at radius 2 is 1.92 bits per heavy atom. The second-order valence-corrected chi connectivity index (χ2v) is 6.49. The van der Waals surface area contributed by atoms with Gasteiger partial charge < -0.3 is 10.1 Å². The predicted molar refractivity (Wildman–Crippen MR) is 99.0 cm³/mol. The fraction of sp³-hybridized carbons (Fsp3) is 0.190. The summed E-state index contributed by atoms with van der Waals surface area (Å²) in [5.74, 6) is 0.216. The largest absolute Gasteiger partial charge is 0.407 e. The highest BCUT2D eigenvalue weighted by molar-refractivity contribution is 5.98. The number of benzene rings is 2. The molecule has 0 spiro atoms. The van der Waals surface area contributed by atoms with Crippen LogP contribution in [0, 0.1) is 5.92 Å². The number of anilines is 1. The minimum atomic E-state index is -0.414. The molecule has 1 amide bonds. The lowest BCUT2D eigenvalue weighted by molar-refractivity contribution is -0.132. The van der Waals surface area contributed by atoms with Crippen molar-refractivity contribution >= 4 is 28.3 Å². The van der Waals surface area contributed by atoms with E-state index in [0.29, 0.717) is 5.92 Å². The summed E-state index contributed by atoms with van der Waals surface area (Å²) in [6, 6.07) is 17.4. The van der Waals surface area contributed by atoms with Crippen LogP contribution in [0.3, 0.4) is 0 Å². The molecule has 1 aliphatic rings. The number of aromatic nitrogens is 1. The molecule has 2 aromatic carbocycles. The van der Waals surface area contributed by atoms with Crippen LogP contribution < -0.4 is 10.1 Å². The predicted octanol–water partition coefficient (Wildman–Crippen LogP) is 3.90. The van der Waals surface area contributed by atoms with Crippen LogP contribution in [0.25, 0.3) is 10.8 Å². The van der Waals surface area contributed by atoms with Crippen molar-refractivity contribution in [1.29, 1.82) is 0 Å². The van der Waals surface area contributed by atoms with Crippen molar-refractivity contribution in [3.63, 3.8) is 0 Å². The minimum Gasteiger partial charge on any atom is -0.407 e. The van der Waals surface area contributed by atoms with Gasteiger partial charge in [-0.05, 0) is 47.6 Å². The Balaban J connectivity index is 1.49. The third-order valence-electron chi connectivity index (χ3n) is 4.59. The topological polar surface area (TPSA) is 68.3 Å². The van der Waals surface area contributed by atoms with E-state index in [2.05, 4.69) is 22.4 Å². The third kappa shape index (κ3) is 3.28. The molecule has 0 unspecified atom stereocenters. The lowest BCUT2D eigenvalue weighted by Crippen LogP contribution is -2.14. The van der Waals surface area contributed by atoms with Gasteiger partial charge in [0, 0.05) is 30.1 Å². The number of ether oxygens (including phenoxy) is 1. The van der Waals surface area contributed by atoms with Crippen molar-refractivity contribution in [1.82, 2.24) is 4.98 Å². The zero-order chi connectivity index (χ0) is 18.1. The first kappa shape index (κ1) is 16.3. The van der Waals surface area contributed by atoms with Crippen LogP contribution in [0.2, 0.25) is 0 Å². The SMILES string of the molecule is CC(=O)Oc1nccc2cc(NC(=O)[C@@H]3C[C@H]3c3ccccc3)ccc12. The second-order valence-electron chi connectivity index (χ2n) is 6.49. The van der Waals surface area contributed by atoms with Crippen LogP contribution in [0.5, 0.6) is 5.88 Å². The number of hydrogen-bond donors (Lipinski definition) is 1. The first-order valence-corrected chi connectivity index (χ1v) is 8.55. The maximum absolute atomic E-state index is 12.5. The Labute approximate surface area is 151 Å². The summed E-state index contributed by atoms with van der Waals surface area (Å²) >= 11 is 0. The molecule has 5 heteroatoms. The molecule has 5 nitrogen and oxygen atoms in total. The highest BCUT2D eigenvalue weighted by atomic mass is 16.5. The summed E-state index contributed by atoms with van der Waals surface area (Å²) < 4.78 is 5.12. The zero-order valence-corrected chi connectivity index (χ0v) is 14.3. The molecule has 1 heterocycles. The zero-order valence-electron chi connectivity index (χ0n) is 14.3. The molecule has 0 radical (unpaired) electrons. The number of nitrogens with one attached hydrogen (secondary N) is 1. The van der Waals surface area contributed by atoms with Crippen LogP contribution in [0.15, 0.2) is 60.8 Å². The van der Waals surface area contributed by atoms with E-state index in [0.717, 1.165) is 22.9 Å². The third-order valence-corrected chi connectivity index (χ3v) is 4.59. The number of nitrogens with zero attached hydrogens (tertiary/aromatic N) is 1. The van der Waals surface area contributed by atoms with Crippen molar-refractivity contribution in [2.75, 3.05) is 5.32 Å². The monoisotopic (exact) mass is 346 g/mol. The van der Waals surface area contributed by atoms with Crippen LogP contribution in [-0.4, -0.2) is 16.9 Å². The molecular formula is C21H18N2O3. The summed E-state index contributed by atoms with van der Waals surface area (Å²) in [6.07, 6.45) is 2.46. The van der Waals surface area contributed by atoms with Gasteiger partial charge in [-0.2, -0.15) is 0 Å². The second kappa shape index (κ2) is 6.59. The summed E-state index contributed by atoms with van der Waals surface area (Å²) in [6.45, 7) is 1.34. The van der Waals surface area contributed by atoms with Crippen LogP contribution in [0.4, 0.5) is 5.69 Å². The number of rotatable bonds is 4. The lowest BCUT2D eigenvalue weighted by atomic mass is 10.1. The number of amides is 1. The molecule has 3 aromatic rings. The highest BCUT2D eigenvalue weighted by Crippen LogP contribution is 2.47. The van der Waals surface area contributed by atoms with Gasteiger partial charge in [0.25, 0.3) is 0 Å². The maximum Gasteiger partial charge on any atom is 0.309 e. The Morgan fingerprint density at radius 1 is 1.12 bits per heavy atom. The van der Waals surface area contributed by atoms with Crippen LogP contribution in [-0.2, 0) is 9.59 Å². The first-order valence-electron chi connectivity index (χ1n) is 8.55. The van der Waals surface area contributed by atoms with E-state index < -0.39 is 5.97 Å². The number of pyridine rings is 1. The highest BCUT2D eigenvalue weighted by Gasteiger charge is 2.43. The summed E-state index contributed by atoms with van der Waals surface area (Å²) in [5, 5.41) is 4.57. The Bertz CT molecular complexity index is 985. The van der Waals surface area contributed by atoms with Gasteiger partial charge in [-0.15, -0.1) is 0 Å².